The first-order valence-corrected chi connectivity index (χ1v) is 7.84. The monoisotopic (exact) mass is 334 g/mol. The average molecular weight is 334 g/mol. The second-order valence-corrected chi connectivity index (χ2v) is 6.26. The van der Waals surface area contributed by atoms with E-state index in [0.29, 0.717) is 11.1 Å². The smallest absolute Gasteiger partial charge is 0.254 e. The Balaban J connectivity index is 2.14. The quantitative estimate of drug-likeness (QED) is 0.833. The fourth-order valence-corrected chi connectivity index (χ4v) is 2.75. The van der Waals surface area contributed by atoms with E-state index in [9.17, 15) is 22.4 Å². The summed E-state index contributed by atoms with van der Waals surface area (Å²) in [5, 5.41) is 0. The van der Waals surface area contributed by atoms with Crippen molar-refractivity contribution in [2.45, 2.75) is 57.4 Å². The van der Waals surface area contributed by atoms with Crippen molar-refractivity contribution in [3.8, 4) is 0 Å². The molecule has 7 heteroatoms. The number of aromatic nitrogens is 1. The van der Waals surface area contributed by atoms with Crippen LogP contribution < -0.4 is 5.56 Å². The van der Waals surface area contributed by atoms with Crippen molar-refractivity contribution in [3.05, 3.63) is 33.7 Å². The summed E-state index contributed by atoms with van der Waals surface area (Å²) < 4.78 is 54.0. The molecule has 0 aromatic carbocycles. The van der Waals surface area contributed by atoms with Gasteiger partial charge >= 0.3 is 0 Å². The number of nitrogens with zero attached hydrogens (tertiary/aromatic N) is 1. The zero-order valence-electron chi connectivity index (χ0n) is 13.3. The summed E-state index contributed by atoms with van der Waals surface area (Å²) in [5.41, 5.74) is 0.332. The minimum Gasteiger partial charge on any atom is -0.329 e. The van der Waals surface area contributed by atoms with Crippen LogP contribution in [0.5, 0.6) is 0 Å². The highest BCUT2D eigenvalue weighted by Crippen LogP contribution is 2.35. The number of nitrogens with one attached hydrogen (secondary N) is 1. The standard InChI is InChI=1S/C16H22F4N2O/c1-3-16(19,20)11(2)12-8-13(14(23)21-9-12)10-22-6-4-15(17,18)5-7-22/h8-9,11H,3-7,10H2,1-2H3,(H,21,23). The van der Waals surface area contributed by atoms with Gasteiger partial charge in [-0.2, -0.15) is 0 Å². The first-order chi connectivity index (χ1) is 10.6. The molecule has 23 heavy (non-hydrogen) atoms. The molecule has 1 fully saturated rings. The van der Waals surface area contributed by atoms with E-state index >= 15 is 0 Å². The number of H-pyrrole nitrogens is 1. The van der Waals surface area contributed by atoms with Crippen LogP contribution in [-0.2, 0) is 6.54 Å². The molecule has 2 heterocycles. The van der Waals surface area contributed by atoms with Gasteiger partial charge in [-0.25, -0.2) is 17.6 Å². The summed E-state index contributed by atoms with van der Waals surface area (Å²) >= 11 is 0. The summed E-state index contributed by atoms with van der Waals surface area (Å²) in [6.07, 6.45) is 0.540. The van der Waals surface area contributed by atoms with Crippen molar-refractivity contribution in [1.29, 1.82) is 0 Å². The van der Waals surface area contributed by atoms with Gasteiger partial charge in [0.1, 0.15) is 0 Å². The van der Waals surface area contributed by atoms with Crippen molar-refractivity contribution in [3.63, 3.8) is 0 Å². The van der Waals surface area contributed by atoms with E-state index in [2.05, 4.69) is 4.98 Å². The van der Waals surface area contributed by atoms with Crippen LogP contribution in [0.4, 0.5) is 17.6 Å². The van der Waals surface area contributed by atoms with Gasteiger partial charge in [-0.15, -0.1) is 0 Å². The SMILES string of the molecule is CCC(F)(F)C(C)c1c[nH]c(=O)c(CN2CCC(F)(F)CC2)c1. The molecule has 130 valence electrons. The van der Waals surface area contributed by atoms with Gasteiger partial charge in [-0.1, -0.05) is 13.8 Å². The zero-order chi connectivity index (χ0) is 17.3. The fourth-order valence-electron chi connectivity index (χ4n) is 2.75. The van der Waals surface area contributed by atoms with E-state index < -0.39 is 17.8 Å². The topological polar surface area (TPSA) is 36.1 Å². The van der Waals surface area contributed by atoms with Gasteiger partial charge in [-0.3, -0.25) is 9.69 Å². The van der Waals surface area contributed by atoms with Crippen LogP contribution in [0.25, 0.3) is 0 Å². The number of pyridine rings is 1. The lowest BCUT2D eigenvalue weighted by Crippen LogP contribution is -2.39. The van der Waals surface area contributed by atoms with Crippen LogP contribution in [0.3, 0.4) is 0 Å². The first kappa shape index (κ1) is 18.0. The lowest BCUT2D eigenvalue weighted by atomic mass is 9.93. The number of aromatic amines is 1. The van der Waals surface area contributed by atoms with E-state index in [1.54, 1.807) is 4.90 Å². The molecule has 2 rings (SSSR count). The first-order valence-electron chi connectivity index (χ1n) is 7.84. The lowest BCUT2D eigenvalue weighted by molar-refractivity contribution is -0.0567. The van der Waals surface area contributed by atoms with Crippen molar-refractivity contribution >= 4 is 0 Å². The molecule has 1 aromatic heterocycles. The van der Waals surface area contributed by atoms with Crippen LogP contribution in [-0.4, -0.2) is 34.8 Å². The van der Waals surface area contributed by atoms with Gasteiger partial charge in [0, 0.05) is 56.6 Å². The summed E-state index contributed by atoms with van der Waals surface area (Å²) in [5.74, 6) is -6.53. The second-order valence-electron chi connectivity index (χ2n) is 6.26. The van der Waals surface area contributed by atoms with Gasteiger partial charge in [-0.05, 0) is 11.6 Å². The van der Waals surface area contributed by atoms with E-state index in [1.807, 2.05) is 0 Å². The Bertz CT molecular complexity index is 590. The molecule has 0 radical (unpaired) electrons. The Hall–Kier alpha value is -1.37. The van der Waals surface area contributed by atoms with E-state index in [1.165, 1.54) is 26.1 Å². The van der Waals surface area contributed by atoms with Crippen LogP contribution >= 0.6 is 0 Å². The van der Waals surface area contributed by atoms with Crippen molar-refractivity contribution < 1.29 is 17.6 Å². The van der Waals surface area contributed by atoms with E-state index in [0.717, 1.165) is 0 Å². The Morgan fingerprint density at radius 3 is 2.52 bits per heavy atom. The van der Waals surface area contributed by atoms with Crippen molar-refractivity contribution in [1.82, 2.24) is 9.88 Å². The Kier molecular flexibility index (Phi) is 5.18. The van der Waals surface area contributed by atoms with Crippen LogP contribution in [0.15, 0.2) is 17.1 Å². The van der Waals surface area contributed by atoms with E-state index in [4.69, 9.17) is 0 Å². The number of rotatable bonds is 5. The summed E-state index contributed by atoms with van der Waals surface area (Å²) in [6.45, 7) is 3.41. The van der Waals surface area contributed by atoms with Gasteiger partial charge in [0.05, 0.1) is 0 Å². The lowest BCUT2D eigenvalue weighted by Gasteiger charge is -2.31. The van der Waals surface area contributed by atoms with Gasteiger partial charge in [0.2, 0.25) is 0 Å². The minimum absolute atomic E-state index is 0.192. The third-order valence-corrected chi connectivity index (χ3v) is 4.59. The number of likely N-dealkylation sites (tertiary alicyclic amines) is 1. The highest BCUT2D eigenvalue weighted by molar-refractivity contribution is 5.23. The molecule has 1 aromatic rings. The normalized spacial score (nSPS) is 20.4. The van der Waals surface area contributed by atoms with Gasteiger partial charge in [0.25, 0.3) is 17.4 Å². The van der Waals surface area contributed by atoms with Crippen LogP contribution in [0.2, 0.25) is 0 Å². The molecule has 0 spiro atoms. The summed E-state index contributed by atoms with van der Waals surface area (Å²) in [7, 11) is 0. The molecule has 1 saturated heterocycles. The Morgan fingerprint density at radius 2 is 1.96 bits per heavy atom. The largest absolute Gasteiger partial charge is 0.329 e. The zero-order valence-corrected chi connectivity index (χ0v) is 13.3. The number of alkyl halides is 4. The number of piperidine rings is 1. The number of hydrogen-bond acceptors (Lipinski definition) is 2. The molecule has 0 amide bonds. The van der Waals surface area contributed by atoms with Gasteiger partial charge < -0.3 is 4.98 Å². The minimum atomic E-state index is -2.86. The molecule has 1 unspecified atom stereocenters. The van der Waals surface area contributed by atoms with Crippen LogP contribution in [0.1, 0.15) is 50.2 Å². The van der Waals surface area contributed by atoms with Crippen molar-refractivity contribution in [2.75, 3.05) is 13.1 Å². The Labute approximate surface area is 132 Å². The maximum atomic E-state index is 13.8. The van der Waals surface area contributed by atoms with Crippen LogP contribution in [0, 0.1) is 0 Å². The molecular formula is C16H22F4N2O. The third kappa shape index (κ3) is 4.34. The van der Waals surface area contributed by atoms with E-state index in [-0.39, 0.29) is 44.5 Å². The molecule has 0 saturated carbocycles. The average Bonchev–Trinajstić information content (AvgIpc) is 2.50. The maximum Gasteiger partial charge on any atom is 0.254 e. The third-order valence-electron chi connectivity index (χ3n) is 4.59. The molecule has 3 nitrogen and oxygen atoms in total. The highest BCUT2D eigenvalue weighted by atomic mass is 19.3. The molecule has 0 bridgehead atoms. The molecule has 0 aliphatic carbocycles. The second kappa shape index (κ2) is 6.63. The molecule has 1 aliphatic rings. The number of halogens is 4. The fraction of sp³-hybridized carbons (Fsp3) is 0.688. The van der Waals surface area contributed by atoms with Gasteiger partial charge in [0.15, 0.2) is 0 Å². The molecule has 1 N–H and O–H groups in total. The maximum absolute atomic E-state index is 13.8. The number of hydrogen-bond donors (Lipinski definition) is 1. The van der Waals surface area contributed by atoms with Crippen molar-refractivity contribution in [2.24, 2.45) is 0 Å². The predicted octanol–water partition coefficient (Wildman–Crippen LogP) is 3.75. The highest BCUT2D eigenvalue weighted by Gasteiger charge is 2.36. The summed E-state index contributed by atoms with van der Waals surface area (Å²) in [6, 6.07) is 1.47. The molecule has 1 aliphatic heterocycles. The summed E-state index contributed by atoms with van der Waals surface area (Å²) in [4.78, 5) is 16.1. The Morgan fingerprint density at radius 1 is 1.35 bits per heavy atom. The predicted molar refractivity (Wildman–Crippen MR) is 80.2 cm³/mol. The molecular weight excluding hydrogens is 312 g/mol. The molecule has 1 atom stereocenters.